The maximum Gasteiger partial charge on any atom is 0.203 e. The first-order valence-corrected chi connectivity index (χ1v) is 5.67. The zero-order valence-corrected chi connectivity index (χ0v) is 10.4. The van der Waals surface area contributed by atoms with E-state index in [1.165, 1.54) is 0 Å². The minimum atomic E-state index is -0.330. The van der Waals surface area contributed by atoms with Crippen LogP contribution in [0, 0.1) is 0 Å². The van der Waals surface area contributed by atoms with Gasteiger partial charge in [-0.05, 0) is 17.7 Å². The fraction of sp³-hybridized carbons (Fsp3) is 0.538. The molecule has 0 spiro atoms. The highest BCUT2D eigenvalue weighted by atomic mass is 16.6. The average molecular weight is 238 g/mol. The Morgan fingerprint density at radius 1 is 1.29 bits per heavy atom. The molecule has 1 N–H and O–H groups in total. The van der Waals surface area contributed by atoms with E-state index in [9.17, 15) is 5.11 Å². The highest BCUT2D eigenvalue weighted by molar-refractivity contribution is 5.55. The minimum absolute atomic E-state index is 0.0653. The molecule has 4 heteroatoms. The van der Waals surface area contributed by atoms with Crippen molar-refractivity contribution in [2.75, 3.05) is 26.9 Å². The lowest BCUT2D eigenvalue weighted by molar-refractivity contribution is 0.163. The van der Waals surface area contributed by atoms with Crippen molar-refractivity contribution in [1.29, 1.82) is 0 Å². The van der Waals surface area contributed by atoms with Crippen LogP contribution in [0.25, 0.3) is 0 Å². The lowest BCUT2D eigenvalue weighted by Gasteiger charge is -2.27. The Morgan fingerprint density at radius 3 is 2.65 bits per heavy atom. The number of hydrogen-bond donors (Lipinski definition) is 1. The molecular formula is C13H18O4. The molecule has 2 rings (SSSR count). The second kappa shape index (κ2) is 4.45. The summed E-state index contributed by atoms with van der Waals surface area (Å²) in [4.78, 5) is 0. The molecule has 0 unspecified atom stereocenters. The van der Waals surface area contributed by atoms with Crippen LogP contribution in [0.2, 0.25) is 0 Å². The van der Waals surface area contributed by atoms with Crippen LogP contribution in [0.5, 0.6) is 17.2 Å². The Morgan fingerprint density at radius 2 is 2.00 bits per heavy atom. The second-order valence-corrected chi connectivity index (χ2v) is 4.74. The van der Waals surface area contributed by atoms with Gasteiger partial charge >= 0.3 is 0 Å². The fourth-order valence-electron chi connectivity index (χ4n) is 1.76. The Bertz CT molecular complexity index is 395. The molecule has 0 saturated heterocycles. The van der Waals surface area contributed by atoms with E-state index in [4.69, 9.17) is 14.2 Å². The van der Waals surface area contributed by atoms with Crippen LogP contribution in [0.1, 0.15) is 19.4 Å². The third-order valence-corrected chi connectivity index (χ3v) is 3.00. The predicted molar refractivity (Wildman–Crippen MR) is 64.1 cm³/mol. The van der Waals surface area contributed by atoms with Crippen molar-refractivity contribution in [1.82, 2.24) is 0 Å². The van der Waals surface area contributed by atoms with E-state index in [1.54, 1.807) is 7.11 Å². The molecule has 0 amide bonds. The monoisotopic (exact) mass is 238 g/mol. The van der Waals surface area contributed by atoms with E-state index in [0.717, 1.165) is 5.56 Å². The first kappa shape index (κ1) is 12.0. The molecule has 1 aromatic carbocycles. The maximum atomic E-state index is 9.40. The number of methoxy groups -OCH3 is 1. The highest BCUT2D eigenvalue weighted by Gasteiger charge is 2.25. The van der Waals surface area contributed by atoms with Gasteiger partial charge in [0.15, 0.2) is 11.5 Å². The summed E-state index contributed by atoms with van der Waals surface area (Å²) in [5.74, 6) is 1.99. The summed E-state index contributed by atoms with van der Waals surface area (Å²) in [6.45, 7) is 5.08. The minimum Gasteiger partial charge on any atom is -0.493 e. The molecule has 1 aliphatic heterocycles. The summed E-state index contributed by atoms with van der Waals surface area (Å²) in [6.07, 6.45) is 0. The lowest BCUT2D eigenvalue weighted by atomic mass is 9.85. The fourth-order valence-corrected chi connectivity index (χ4v) is 1.76. The van der Waals surface area contributed by atoms with Gasteiger partial charge in [-0.3, -0.25) is 0 Å². The van der Waals surface area contributed by atoms with Crippen LogP contribution >= 0.6 is 0 Å². The summed E-state index contributed by atoms with van der Waals surface area (Å²) < 4.78 is 16.4. The van der Waals surface area contributed by atoms with Crippen molar-refractivity contribution in [3.63, 3.8) is 0 Å². The molecule has 94 valence electrons. The molecule has 1 heterocycles. The van der Waals surface area contributed by atoms with Crippen molar-refractivity contribution < 1.29 is 19.3 Å². The number of ether oxygens (including phenoxy) is 3. The maximum absolute atomic E-state index is 9.40. The zero-order chi connectivity index (χ0) is 12.5. The van der Waals surface area contributed by atoms with E-state index in [2.05, 4.69) is 0 Å². The number of hydrogen-bond acceptors (Lipinski definition) is 4. The van der Waals surface area contributed by atoms with Gasteiger partial charge in [0.25, 0.3) is 0 Å². The molecule has 0 aromatic heterocycles. The summed E-state index contributed by atoms with van der Waals surface area (Å²) in [5, 5.41) is 9.40. The van der Waals surface area contributed by atoms with E-state index in [0.29, 0.717) is 30.5 Å². The Labute approximate surface area is 101 Å². The summed E-state index contributed by atoms with van der Waals surface area (Å²) in [7, 11) is 1.60. The highest BCUT2D eigenvalue weighted by Crippen LogP contribution is 2.42. The van der Waals surface area contributed by atoms with Crippen molar-refractivity contribution in [2.24, 2.45) is 0 Å². The number of aliphatic hydroxyl groups excluding tert-OH is 1. The summed E-state index contributed by atoms with van der Waals surface area (Å²) in [6, 6.07) is 3.80. The molecule has 17 heavy (non-hydrogen) atoms. The van der Waals surface area contributed by atoms with Gasteiger partial charge in [0.1, 0.15) is 13.2 Å². The molecule has 1 aliphatic rings. The van der Waals surface area contributed by atoms with Gasteiger partial charge in [-0.2, -0.15) is 0 Å². The van der Waals surface area contributed by atoms with Crippen molar-refractivity contribution >= 4 is 0 Å². The van der Waals surface area contributed by atoms with Crippen molar-refractivity contribution in [3.8, 4) is 17.2 Å². The molecule has 0 aliphatic carbocycles. The molecule has 1 aromatic rings. The van der Waals surface area contributed by atoms with Crippen LogP contribution < -0.4 is 14.2 Å². The first-order chi connectivity index (χ1) is 8.08. The number of fused-ring (bicyclic) bond motifs is 1. The van der Waals surface area contributed by atoms with Crippen molar-refractivity contribution in [2.45, 2.75) is 19.3 Å². The van der Waals surface area contributed by atoms with Gasteiger partial charge in [-0.1, -0.05) is 13.8 Å². The third kappa shape index (κ3) is 2.17. The van der Waals surface area contributed by atoms with Gasteiger partial charge in [0.2, 0.25) is 5.75 Å². The molecule has 0 radical (unpaired) electrons. The topological polar surface area (TPSA) is 47.9 Å². The Kier molecular flexibility index (Phi) is 3.15. The van der Waals surface area contributed by atoms with E-state index < -0.39 is 0 Å². The zero-order valence-electron chi connectivity index (χ0n) is 10.4. The normalized spacial score (nSPS) is 14.6. The molecule has 0 bridgehead atoms. The van der Waals surface area contributed by atoms with Crippen molar-refractivity contribution in [3.05, 3.63) is 17.7 Å². The third-order valence-electron chi connectivity index (χ3n) is 3.00. The second-order valence-electron chi connectivity index (χ2n) is 4.74. The van der Waals surface area contributed by atoms with Crippen LogP contribution in [0.3, 0.4) is 0 Å². The SMILES string of the molecule is COc1cc(C(C)(C)CO)cc2c1OCCO2. The lowest BCUT2D eigenvalue weighted by Crippen LogP contribution is -2.23. The van der Waals surface area contributed by atoms with Crippen LogP contribution in [-0.4, -0.2) is 32.0 Å². The molecule has 4 nitrogen and oxygen atoms in total. The molecule has 0 saturated carbocycles. The van der Waals surface area contributed by atoms with Gasteiger partial charge in [0.05, 0.1) is 13.7 Å². The van der Waals surface area contributed by atoms with Gasteiger partial charge in [-0.25, -0.2) is 0 Å². The van der Waals surface area contributed by atoms with E-state index in [1.807, 2.05) is 26.0 Å². The van der Waals surface area contributed by atoms with E-state index in [-0.39, 0.29) is 12.0 Å². The van der Waals surface area contributed by atoms with Gasteiger partial charge < -0.3 is 19.3 Å². The molecule has 0 fully saturated rings. The first-order valence-electron chi connectivity index (χ1n) is 5.67. The van der Waals surface area contributed by atoms with E-state index >= 15 is 0 Å². The summed E-state index contributed by atoms with van der Waals surface area (Å²) in [5.41, 5.74) is 0.643. The summed E-state index contributed by atoms with van der Waals surface area (Å²) >= 11 is 0. The Hall–Kier alpha value is -1.42. The quantitative estimate of drug-likeness (QED) is 0.871. The van der Waals surface area contributed by atoms with Crippen LogP contribution in [-0.2, 0) is 5.41 Å². The Balaban J connectivity index is 2.50. The molecule has 0 atom stereocenters. The smallest absolute Gasteiger partial charge is 0.203 e. The largest absolute Gasteiger partial charge is 0.493 e. The number of aliphatic hydroxyl groups is 1. The molecular weight excluding hydrogens is 220 g/mol. The number of rotatable bonds is 3. The number of benzene rings is 1. The predicted octanol–water partition coefficient (Wildman–Crippen LogP) is 1.74. The average Bonchev–Trinajstić information content (AvgIpc) is 2.37. The van der Waals surface area contributed by atoms with Gasteiger partial charge in [-0.15, -0.1) is 0 Å². The van der Waals surface area contributed by atoms with Gasteiger partial charge in [0, 0.05) is 5.41 Å². The van der Waals surface area contributed by atoms with Crippen LogP contribution in [0.4, 0.5) is 0 Å². The standard InChI is InChI=1S/C13H18O4/c1-13(2,8-14)9-6-10(15-3)12-11(7-9)16-4-5-17-12/h6-7,14H,4-5,8H2,1-3H3. The van der Waals surface area contributed by atoms with Crippen LogP contribution in [0.15, 0.2) is 12.1 Å².